The highest BCUT2D eigenvalue weighted by molar-refractivity contribution is 7.92. The fourth-order valence-corrected chi connectivity index (χ4v) is 4.55. The van der Waals surface area contributed by atoms with E-state index in [-0.39, 0.29) is 10.5 Å². The number of carbonyl (C=O) groups is 1. The summed E-state index contributed by atoms with van der Waals surface area (Å²) >= 11 is 0. The highest BCUT2D eigenvalue weighted by Gasteiger charge is 2.22. The Labute approximate surface area is 191 Å². The van der Waals surface area contributed by atoms with Gasteiger partial charge < -0.3 is 10.1 Å². The minimum atomic E-state index is -3.84. The fraction of sp³-hybridized carbons (Fsp3) is 0.0833. The van der Waals surface area contributed by atoms with Gasteiger partial charge in [-0.2, -0.15) is 5.10 Å². The molecule has 4 rings (SSSR count). The first kappa shape index (κ1) is 22.1. The number of rotatable bonds is 7. The number of nitrogens with zero attached hydrogens (tertiary/aromatic N) is 2. The molecule has 0 radical (unpaired) electrons. The second kappa shape index (κ2) is 9.17. The minimum absolute atomic E-state index is 0.0123. The summed E-state index contributed by atoms with van der Waals surface area (Å²) in [6, 6.07) is 23.7. The van der Waals surface area contributed by atoms with Crippen LogP contribution in [0.1, 0.15) is 10.4 Å². The number of ether oxygens (including phenoxy) is 1. The van der Waals surface area contributed by atoms with Crippen molar-refractivity contribution < 1.29 is 17.9 Å². The van der Waals surface area contributed by atoms with Crippen LogP contribution >= 0.6 is 0 Å². The van der Waals surface area contributed by atoms with E-state index in [1.807, 2.05) is 30.3 Å². The van der Waals surface area contributed by atoms with Gasteiger partial charge in [-0.1, -0.05) is 36.4 Å². The number of hydrogen-bond acceptors (Lipinski definition) is 5. The molecule has 4 aromatic rings. The molecule has 9 heteroatoms. The first-order chi connectivity index (χ1) is 15.9. The number of aromatic amines is 1. The van der Waals surface area contributed by atoms with Crippen LogP contribution in [0.15, 0.2) is 89.8 Å². The van der Waals surface area contributed by atoms with Gasteiger partial charge in [-0.05, 0) is 42.5 Å². The number of methoxy groups -OCH3 is 1. The van der Waals surface area contributed by atoms with Crippen LogP contribution in [0.2, 0.25) is 0 Å². The van der Waals surface area contributed by atoms with Crippen LogP contribution in [0.4, 0.5) is 11.5 Å². The molecule has 0 aliphatic heterocycles. The molecule has 2 N–H and O–H groups in total. The number of benzene rings is 3. The molecule has 33 heavy (non-hydrogen) atoms. The van der Waals surface area contributed by atoms with E-state index >= 15 is 0 Å². The van der Waals surface area contributed by atoms with Crippen LogP contribution in [0.5, 0.6) is 5.75 Å². The van der Waals surface area contributed by atoms with Gasteiger partial charge in [0.1, 0.15) is 5.75 Å². The second-order valence-corrected chi connectivity index (χ2v) is 9.13. The van der Waals surface area contributed by atoms with Crippen LogP contribution in [-0.4, -0.2) is 38.7 Å². The van der Waals surface area contributed by atoms with Crippen molar-refractivity contribution in [2.45, 2.75) is 4.90 Å². The lowest BCUT2D eigenvalue weighted by Crippen LogP contribution is -2.26. The topological polar surface area (TPSA) is 104 Å². The molecular weight excluding hydrogens is 440 g/mol. The third kappa shape index (κ3) is 4.58. The zero-order valence-corrected chi connectivity index (χ0v) is 18.8. The first-order valence-electron chi connectivity index (χ1n) is 10.0. The van der Waals surface area contributed by atoms with Gasteiger partial charge in [-0.25, -0.2) is 8.42 Å². The van der Waals surface area contributed by atoms with Crippen LogP contribution in [0.25, 0.3) is 11.3 Å². The van der Waals surface area contributed by atoms with E-state index in [1.165, 1.54) is 29.6 Å². The average Bonchev–Trinajstić information content (AvgIpc) is 3.32. The van der Waals surface area contributed by atoms with E-state index in [0.29, 0.717) is 22.9 Å². The molecule has 0 aliphatic rings. The number of hydrogen-bond donors (Lipinski definition) is 2. The normalized spacial score (nSPS) is 11.1. The standard InChI is InChI=1S/C24H22N4O4S/c1-28(18-10-4-3-5-11-18)33(30,31)19-12-8-9-17(15-19)24(29)25-23-16-21(26-27-23)20-13-6-7-14-22(20)32-2/h3-16H,1-2H3,(H2,25,26,27,29). The zero-order valence-electron chi connectivity index (χ0n) is 18.0. The quantitative estimate of drug-likeness (QED) is 0.429. The fourth-order valence-electron chi connectivity index (χ4n) is 3.31. The summed E-state index contributed by atoms with van der Waals surface area (Å²) in [6.45, 7) is 0. The van der Waals surface area contributed by atoms with Crippen molar-refractivity contribution in [2.24, 2.45) is 0 Å². The highest BCUT2D eigenvalue weighted by atomic mass is 32.2. The third-order valence-electron chi connectivity index (χ3n) is 5.09. The summed E-state index contributed by atoms with van der Waals surface area (Å²) < 4.78 is 32.6. The Hall–Kier alpha value is -4.11. The molecule has 0 aliphatic carbocycles. The van der Waals surface area contributed by atoms with Crippen LogP contribution < -0.4 is 14.4 Å². The zero-order chi connectivity index (χ0) is 23.4. The molecular formula is C24H22N4O4S. The average molecular weight is 463 g/mol. The molecule has 168 valence electrons. The van der Waals surface area contributed by atoms with Gasteiger partial charge in [-0.15, -0.1) is 0 Å². The molecule has 1 amide bonds. The van der Waals surface area contributed by atoms with Gasteiger partial charge in [0.15, 0.2) is 5.82 Å². The Morgan fingerprint density at radius 2 is 1.70 bits per heavy atom. The Bertz CT molecular complexity index is 1380. The molecule has 1 aromatic heterocycles. The molecule has 0 bridgehead atoms. The maximum atomic E-state index is 13.1. The molecule has 3 aromatic carbocycles. The lowest BCUT2D eigenvalue weighted by Gasteiger charge is -2.19. The Morgan fingerprint density at radius 1 is 0.970 bits per heavy atom. The Balaban J connectivity index is 1.55. The maximum absolute atomic E-state index is 13.1. The van der Waals surface area contributed by atoms with Crippen LogP contribution in [0.3, 0.4) is 0 Å². The molecule has 8 nitrogen and oxygen atoms in total. The molecule has 0 spiro atoms. The SMILES string of the molecule is COc1ccccc1-c1cc(NC(=O)c2cccc(S(=O)(=O)N(C)c3ccccc3)c2)n[nH]1. The number of anilines is 2. The lowest BCUT2D eigenvalue weighted by atomic mass is 10.1. The van der Waals surface area contributed by atoms with Gasteiger partial charge in [0.2, 0.25) is 0 Å². The molecule has 0 fully saturated rings. The van der Waals surface area contributed by atoms with Crippen molar-refractivity contribution in [1.82, 2.24) is 10.2 Å². The van der Waals surface area contributed by atoms with Gasteiger partial charge in [0.25, 0.3) is 15.9 Å². The van der Waals surface area contributed by atoms with Gasteiger partial charge >= 0.3 is 0 Å². The van der Waals surface area contributed by atoms with E-state index in [9.17, 15) is 13.2 Å². The van der Waals surface area contributed by atoms with Gasteiger partial charge in [0.05, 0.1) is 23.4 Å². The third-order valence-corrected chi connectivity index (χ3v) is 6.87. The van der Waals surface area contributed by atoms with Crippen molar-refractivity contribution in [2.75, 3.05) is 23.8 Å². The summed E-state index contributed by atoms with van der Waals surface area (Å²) in [5.74, 6) is 0.488. The van der Waals surface area contributed by atoms with E-state index in [2.05, 4.69) is 15.5 Å². The van der Waals surface area contributed by atoms with Crippen LogP contribution in [-0.2, 0) is 10.0 Å². The minimum Gasteiger partial charge on any atom is -0.496 e. The van der Waals surface area contributed by atoms with E-state index in [0.717, 1.165) is 5.56 Å². The monoisotopic (exact) mass is 462 g/mol. The predicted octanol–water partition coefficient (Wildman–Crippen LogP) is 4.16. The number of para-hydroxylation sites is 2. The summed E-state index contributed by atoms with van der Waals surface area (Å²) in [7, 11) is -0.793. The summed E-state index contributed by atoms with van der Waals surface area (Å²) in [5, 5.41) is 9.70. The molecule has 0 saturated heterocycles. The van der Waals surface area contributed by atoms with Crippen LogP contribution in [0, 0.1) is 0 Å². The largest absolute Gasteiger partial charge is 0.496 e. The summed E-state index contributed by atoms with van der Waals surface area (Å²) in [4.78, 5) is 12.8. The van der Waals surface area contributed by atoms with Crippen molar-refractivity contribution in [3.8, 4) is 17.0 Å². The first-order valence-corrected chi connectivity index (χ1v) is 11.5. The van der Waals surface area contributed by atoms with Crippen molar-refractivity contribution in [1.29, 1.82) is 0 Å². The number of H-pyrrole nitrogens is 1. The van der Waals surface area contributed by atoms with Gasteiger partial charge in [-0.3, -0.25) is 14.2 Å². The van der Waals surface area contributed by atoms with E-state index < -0.39 is 15.9 Å². The van der Waals surface area contributed by atoms with Crippen molar-refractivity contribution in [3.63, 3.8) is 0 Å². The summed E-state index contributed by atoms with van der Waals surface area (Å²) in [6.07, 6.45) is 0. The van der Waals surface area contributed by atoms with Crippen molar-refractivity contribution in [3.05, 3.63) is 90.5 Å². The molecule has 0 saturated carbocycles. The molecule has 0 unspecified atom stereocenters. The van der Waals surface area contributed by atoms with E-state index in [4.69, 9.17) is 4.74 Å². The summed E-state index contributed by atoms with van der Waals surface area (Å²) in [5.41, 5.74) is 2.18. The number of amides is 1. The van der Waals surface area contributed by atoms with E-state index in [1.54, 1.807) is 43.5 Å². The number of carbonyl (C=O) groups excluding carboxylic acids is 1. The Morgan fingerprint density at radius 3 is 2.45 bits per heavy atom. The number of sulfonamides is 1. The Kier molecular flexibility index (Phi) is 6.14. The molecule has 0 atom stereocenters. The molecule has 1 heterocycles. The second-order valence-electron chi connectivity index (χ2n) is 7.16. The predicted molar refractivity (Wildman–Crippen MR) is 127 cm³/mol. The van der Waals surface area contributed by atoms with Gasteiger partial charge in [0, 0.05) is 24.2 Å². The lowest BCUT2D eigenvalue weighted by molar-refractivity contribution is 0.102. The maximum Gasteiger partial charge on any atom is 0.264 e. The number of nitrogens with one attached hydrogen (secondary N) is 2. The smallest absolute Gasteiger partial charge is 0.264 e. The highest BCUT2D eigenvalue weighted by Crippen LogP contribution is 2.29. The number of aromatic nitrogens is 2. The van der Waals surface area contributed by atoms with Crippen molar-refractivity contribution >= 4 is 27.4 Å².